The minimum absolute atomic E-state index is 0.0715. The van der Waals surface area contributed by atoms with E-state index >= 15 is 0 Å². The van der Waals surface area contributed by atoms with Gasteiger partial charge in [0, 0.05) is 5.92 Å². The molecule has 0 amide bonds. The molecule has 29 heavy (non-hydrogen) atoms. The number of nitrogens with one attached hydrogen (secondary N) is 1. The first-order chi connectivity index (χ1) is 14.2. The average molecular weight is 387 g/mol. The van der Waals surface area contributed by atoms with Crippen molar-refractivity contribution in [2.45, 2.75) is 18.4 Å². The van der Waals surface area contributed by atoms with Crippen molar-refractivity contribution < 1.29 is 19.5 Å². The van der Waals surface area contributed by atoms with E-state index in [1.807, 2.05) is 84.3 Å². The maximum absolute atomic E-state index is 12.5. The Kier molecular flexibility index (Phi) is 5.51. The number of benzene rings is 3. The second-order valence-corrected chi connectivity index (χ2v) is 7.06. The molecular formula is C24H21NO4. The number of fused-ring (bicyclic) bond motifs is 3. The second-order valence-electron chi connectivity index (χ2n) is 7.06. The third kappa shape index (κ3) is 3.83. The summed E-state index contributed by atoms with van der Waals surface area (Å²) in [6, 6.07) is 24.1. The molecule has 1 atom stereocenters. The van der Waals surface area contributed by atoms with Crippen molar-refractivity contribution in [3.63, 3.8) is 0 Å². The molecule has 5 nitrogen and oxygen atoms in total. The molecule has 0 aliphatic heterocycles. The molecule has 0 spiro atoms. The number of hydrogen-bond acceptors (Lipinski definition) is 5. The maximum atomic E-state index is 12.5. The van der Waals surface area contributed by atoms with Crippen LogP contribution in [0.5, 0.6) is 0 Å². The molecule has 0 radical (unpaired) electrons. The highest BCUT2D eigenvalue weighted by Gasteiger charge is 2.31. The zero-order valence-corrected chi connectivity index (χ0v) is 15.7. The number of hydroxylamine groups is 1. The minimum atomic E-state index is -1.05. The topological polar surface area (TPSA) is 75.6 Å². The van der Waals surface area contributed by atoms with Crippen LogP contribution < -0.4 is 5.48 Å². The Morgan fingerprint density at radius 3 is 2.00 bits per heavy atom. The Bertz CT molecular complexity index is 986. The number of carbonyl (C=O) groups is 2. The molecular weight excluding hydrogens is 366 g/mol. The Hall–Kier alpha value is -3.28. The number of hydrogen-bond donors (Lipinski definition) is 2. The molecule has 0 unspecified atom stereocenters. The number of carbonyl (C=O) groups excluding carboxylic acids is 2. The van der Waals surface area contributed by atoms with Gasteiger partial charge in [-0.1, -0.05) is 78.9 Å². The first-order valence-electron chi connectivity index (χ1n) is 9.51. The first-order valence-corrected chi connectivity index (χ1v) is 9.51. The third-order valence-electron chi connectivity index (χ3n) is 5.30. The molecule has 146 valence electrons. The molecule has 4 rings (SSSR count). The molecule has 0 fully saturated rings. The monoisotopic (exact) mass is 387 g/mol. The average Bonchev–Trinajstić information content (AvgIpc) is 3.10. The van der Waals surface area contributed by atoms with Gasteiger partial charge in [-0.25, -0.2) is 4.79 Å². The van der Waals surface area contributed by atoms with Crippen molar-refractivity contribution in [1.29, 1.82) is 0 Å². The van der Waals surface area contributed by atoms with Crippen LogP contribution in [0.15, 0.2) is 78.9 Å². The summed E-state index contributed by atoms with van der Waals surface area (Å²) in [6.45, 7) is 0.0715. The normalized spacial score (nSPS) is 13.4. The van der Waals surface area contributed by atoms with E-state index in [2.05, 4.69) is 0 Å². The van der Waals surface area contributed by atoms with Gasteiger partial charge in [0.15, 0.2) is 0 Å². The van der Waals surface area contributed by atoms with E-state index in [1.165, 1.54) is 0 Å². The van der Waals surface area contributed by atoms with Gasteiger partial charge < -0.3 is 9.94 Å². The highest BCUT2D eigenvalue weighted by atomic mass is 16.5. The summed E-state index contributed by atoms with van der Waals surface area (Å²) < 4.78 is 5.38. The lowest BCUT2D eigenvalue weighted by molar-refractivity contribution is -0.156. The van der Waals surface area contributed by atoms with Gasteiger partial charge >= 0.3 is 5.97 Å². The van der Waals surface area contributed by atoms with Crippen LogP contribution in [0.25, 0.3) is 11.1 Å². The largest absolute Gasteiger partial charge is 0.459 e. The minimum Gasteiger partial charge on any atom is -0.459 e. The van der Waals surface area contributed by atoms with Gasteiger partial charge in [-0.3, -0.25) is 4.79 Å². The van der Waals surface area contributed by atoms with Crippen LogP contribution in [0.4, 0.5) is 0 Å². The molecule has 0 aromatic heterocycles. The predicted molar refractivity (Wildman–Crippen MR) is 109 cm³/mol. The molecule has 0 bridgehead atoms. The number of ether oxygens (including phenoxy) is 1. The number of Topliss-reactive ketones (excluding diaryl/α,β-unsaturated/α-hetero) is 1. The van der Waals surface area contributed by atoms with Crippen molar-refractivity contribution in [2.24, 2.45) is 0 Å². The summed E-state index contributed by atoms with van der Waals surface area (Å²) in [5, 5.41) is 9.37. The summed E-state index contributed by atoms with van der Waals surface area (Å²) in [5.41, 5.74) is 7.17. The van der Waals surface area contributed by atoms with Crippen molar-refractivity contribution >= 4 is 11.8 Å². The Morgan fingerprint density at radius 2 is 1.41 bits per heavy atom. The van der Waals surface area contributed by atoms with Crippen LogP contribution in [0.3, 0.4) is 0 Å². The van der Waals surface area contributed by atoms with Gasteiger partial charge in [0.1, 0.15) is 12.6 Å². The molecule has 3 aromatic carbocycles. The molecule has 1 aliphatic carbocycles. The molecule has 5 heteroatoms. The number of rotatable bonds is 7. The Balaban J connectivity index is 1.46. The SMILES string of the molecule is O=C(OCC1c2ccccc2-c2ccccc21)C(=O)[C@H](Cc1ccccc1)NO. The van der Waals surface area contributed by atoms with Crippen LogP contribution in [-0.2, 0) is 20.7 Å². The highest BCUT2D eigenvalue weighted by molar-refractivity contribution is 6.35. The van der Waals surface area contributed by atoms with Crippen LogP contribution in [0.2, 0.25) is 0 Å². The molecule has 0 saturated heterocycles. The third-order valence-corrected chi connectivity index (χ3v) is 5.30. The van der Waals surface area contributed by atoms with E-state index < -0.39 is 17.8 Å². The second kappa shape index (κ2) is 8.39. The summed E-state index contributed by atoms with van der Waals surface area (Å²) in [4.78, 5) is 24.9. The van der Waals surface area contributed by atoms with Crippen LogP contribution in [0.1, 0.15) is 22.6 Å². The van der Waals surface area contributed by atoms with Gasteiger partial charge in [-0.2, -0.15) is 5.48 Å². The molecule has 0 saturated carbocycles. The fraction of sp³-hybridized carbons (Fsp3) is 0.167. The van der Waals surface area contributed by atoms with E-state index in [1.54, 1.807) is 0 Å². The van der Waals surface area contributed by atoms with Gasteiger partial charge in [0.25, 0.3) is 5.78 Å². The lowest BCUT2D eigenvalue weighted by Gasteiger charge is -2.16. The quantitative estimate of drug-likeness (QED) is 0.369. The zero-order valence-electron chi connectivity index (χ0n) is 15.7. The van der Waals surface area contributed by atoms with Gasteiger partial charge in [-0.15, -0.1) is 0 Å². The van der Waals surface area contributed by atoms with E-state index in [0.717, 1.165) is 27.8 Å². The van der Waals surface area contributed by atoms with Crippen LogP contribution >= 0.6 is 0 Å². The van der Waals surface area contributed by atoms with Crippen molar-refractivity contribution in [2.75, 3.05) is 6.61 Å². The van der Waals surface area contributed by atoms with Crippen LogP contribution in [0, 0.1) is 0 Å². The Labute approximate surface area is 168 Å². The fourth-order valence-corrected chi connectivity index (χ4v) is 3.86. The Morgan fingerprint density at radius 1 is 0.862 bits per heavy atom. The van der Waals surface area contributed by atoms with E-state index in [0.29, 0.717) is 0 Å². The maximum Gasteiger partial charge on any atom is 0.376 e. The number of ketones is 1. The fourth-order valence-electron chi connectivity index (χ4n) is 3.86. The van der Waals surface area contributed by atoms with Crippen molar-refractivity contribution in [3.05, 3.63) is 95.6 Å². The first kappa shape index (κ1) is 19.1. The summed E-state index contributed by atoms with van der Waals surface area (Å²) in [6.07, 6.45) is 0.195. The van der Waals surface area contributed by atoms with E-state index in [-0.39, 0.29) is 18.9 Å². The standard InChI is InChI=1S/C24H21NO4/c26-23(22(25-28)14-16-8-2-1-3-9-16)24(27)29-15-21-19-12-6-4-10-17(19)18-11-5-7-13-20(18)21/h1-13,21-22,25,28H,14-15H2/t22-/m0/s1. The van der Waals surface area contributed by atoms with Gasteiger partial charge in [0.05, 0.1) is 0 Å². The van der Waals surface area contributed by atoms with Gasteiger partial charge in [-0.05, 0) is 34.2 Å². The summed E-state index contributed by atoms with van der Waals surface area (Å²) in [7, 11) is 0. The zero-order chi connectivity index (χ0) is 20.2. The van der Waals surface area contributed by atoms with Crippen molar-refractivity contribution in [1.82, 2.24) is 5.48 Å². The lowest BCUT2D eigenvalue weighted by atomic mass is 9.98. The summed E-state index contributed by atoms with van der Waals surface area (Å²) >= 11 is 0. The van der Waals surface area contributed by atoms with E-state index in [4.69, 9.17) is 4.74 Å². The smallest absolute Gasteiger partial charge is 0.376 e. The summed E-state index contributed by atoms with van der Waals surface area (Å²) in [5.74, 6) is -1.86. The molecule has 2 N–H and O–H groups in total. The lowest BCUT2D eigenvalue weighted by Crippen LogP contribution is -2.41. The van der Waals surface area contributed by atoms with Crippen LogP contribution in [-0.4, -0.2) is 29.6 Å². The van der Waals surface area contributed by atoms with Crippen molar-refractivity contribution in [3.8, 4) is 11.1 Å². The van der Waals surface area contributed by atoms with E-state index in [9.17, 15) is 14.8 Å². The molecule has 1 aliphatic rings. The number of esters is 1. The van der Waals surface area contributed by atoms with Gasteiger partial charge in [0.2, 0.25) is 0 Å². The predicted octanol–water partition coefficient (Wildman–Crippen LogP) is 3.50. The highest BCUT2D eigenvalue weighted by Crippen LogP contribution is 2.44. The molecule has 3 aromatic rings. The molecule has 0 heterocycles.